The second-order valence-corrected chi connectivity index (χ2v) is 3.10. The Hall–Kier alpha value is -0.590. The molecule has 0 aliphatic carbocycles. The van der Waals surface area contributed by atoms with Crippen LogP contribution in [0.3, 0.4) is 0 Å². The van der Waals surface area contributed by atoms with Crippen molar-refractivity contribution in [3.05, 3.63) is 0 Å². The van der Waals surface area contributed by atoms with E-state index in [-0.39, 0.29) is 7.47 Å². The summed E-state index contributed by atoms with van der Waals surface area (Å²) in [5.41, 5.74) is 5.50. The Bertz CT molecular complexity index is 150. The summed E-state index contributed by atoms with van der Waals surface area (Å²) in [7, 11) is 0. The number of likely N-dealkylation sites (tertiary alicyclic amines) is 1. The fourth-order valence-electron chi connectivity index (χ4n) is 1.46. The van der Waals surface area contributed by atoms with Crippen LogP contribution < -0.4 is 5.73 Å². The molecule has 1 saturated heterocycles. The molecule has 0 saturated carbocycles. The number of hydrogen-bond donors (Lipinski definition) is 1. The number of nitrogens with zero attached hydrogens (tertiary/aromatic N) is 2. The van der Waals surface area contributed by atoms with E-state index in [2.05, 4.69) is 4.90 Å². The molecule has 1 heterocycles. The van der Waals surface area contributed by atoms with Gasteiger partial charge >= 0.3 is 0 Å². The second-order valence-electron chi connectivity index (χ2n) is 3.10. The highest BCUT2D eigenvalue weighted by molar-refractivity contribution is 4.89. The summed E-state index contributed by atoms with van der Waals surface area (Å²) in [5.74, 6) is 0. The van der Waals surface area contributed by atoms with E-state index in [0.29, 0.717) is 0 Å². The molecular weight excluding hydrogens is 162 g/mol. The van der Waals surface area contributed by atoms with Gasteiger partial charge in [0.2, 0.25) is 0 Å². The quantitative estimate of drug-likeness (QED) is 0.711. The highest BCUT2D eigenvalue weighted by atomic mass is 15.1. The van der Waals surface area contributed by atoms with E-state index in [9.17, 15) is 0 Å². The molecule has 1 atom stereocenters. The van der Waals surface area contributed by atoms with Crippen molar-refractivity contribution in [2.24, 2.45) is 5.73 Å². The molecule has 1 fully saturated rings. The van der Waals surface area contributed by atoms with Crippen LogP contribution in [0.1, 0.15) is 34.5 Å². The Labute approximate surface area is 83.0 Å². The first kappa shape index (κ1) is 12.4. The average Bonchev–Trinajstić information content (AvgIpc) is 2.22. The average molecular weight is 185 g/mol. The minimum absolute atomic E-state index is 0. The fourth-order valence-corrected chi connectivity index (χ4v) is 1.46. The lowest BCUT2D eigenvalue weighted by Gasteiger charge is -2.26. The van der Waals surface area contributed by atoms with Gasteiger partial charge in [-0.15, -0.1) is 0 Å². The summed E-state index contributed by atoms with van der Waals surface area (Å²) in [6.45, 7) is 6.99. The van der Waals surface area contributed by atoms with Gasteiger partial charge in [0, 0.05) is 7.97 Å². The zero-order valence-corrected chi connectivity index (χ0v) is 8.79. The van der Waals surface area contributed by atoms with Crippen LogP contribution in [0.4, 0.5) is 0 Å². The predicted octanol–water partition coefficient (Wildman–Crippen LogP) is 1.60. The molecule has 13 heavy (non-hydrogen) atoms. The molecule has 1 unspecified atom stereocenters. The van der Waals surface area contributed by atoms with Crippen LogP contribution in [0, 0.1) is 11.3 Å². The van der Waals surface area contributed by atoms with E-state index >= 15 is 0 Å². The molecule has 0 radical (unpaired) electrons. The molecule has 0 bridgehead atoms. The van der Waals surface area contributed by atoms with Crippen LogP contribution in [-0.4, -0.2) is 30.6 Å². The Balaban J connectivity index is 0. The van der Waals surface area contributed by atoms with Crippen LogP contribution in [0.5, 0.6) is 0 Å². The van der Waals surface area contributed by atoms with E-state index in [1.165, 1.54) is 19.3 Å². The molecule has 0 aromatic rings. The van der Waals surface area contributed by atoms with Crippen molar-refractivity contribution >= 4 is 0 Å². The molecule has 1 aliphatic rings. The second kappa shape index (κ2) is 8.03. The summed E-state index contributed by atoms with van der Waals surface area (Å²) in [6.07, 6.45) is 3.86. The molecule has 0 aromatic heterocycles. The molecule has 3 heteroatoms. The molecule has 2 N–H and O–H groups in total. The molecule has 3 nitrogen and oxygen atoms in total. The lowest BCUT2D eigenvalue weighted by Crippen LogP contribution is -2.39. The minimum atomic E-state index is -0.298. The monoisotopic (exact) mass is 185 g/mol. The third-order valence-electron chi connectivity index (χ3n) is 2.07. The van der Waals surface area contributed by atoms with Crippen molar-refractivity contribution in [2.75, 3.05) is 19.6 Å². The van der Waals surface area contributed by atoms with Crippen LogP contribution in [-0.2, 0) is 0 Å². The lowest BCUT2D eigenvalue weighted by molar-refractivity contribution is 0.225. The zero-order chi connectivity index (χ0) is 10.1. The number of hydrogen-bond acceptors (Lipinski definition) is 3. The first-order valence-corrected chi connectivity index (χ1v) is 5.20. The van der Waals surface area contributed by atoms with E-state index in [0.717, 1.165) is 19.6 Å². The van der Waals surface area contributed by atoms with Crippen LogP contribution in [0.25, 0.3) is 0 Å². The summed E-state index contributed by atoms with van der Waals surface area (Å²) >= 11 is 0. The molecule has 0 amide bonds. The lowest BCUT2D eigenvalue weighted by atomic mass is 10.1. The van der Waals surface area contributed by atoms with E-state index in [1.54, 1.807) is 0 Å². The van der Waals surface area contributed by atoms with Crippen LogP contribution >= 0.6 is 0 Å². The SMILES string of the molecule is CC.N#CC(N)CN1CCCCC1.[HH]. The first-order chi connectivity index (χ1) is 6.33. The Morgan fingerprint density at radius 3 is 2.38 bits per heavy atom. The topological polar surface area (TPSA) is 53.1 Å². The minimum Gasteiger partial charge on any atom is -0.315 e. The summed E-state index contributed by atoms with van der Waals surface area (Å²) in [6, 6.07) is 1.75. The Morgan fingerprint density at radius 2 is 1.92 bits per heavy atom. The third-order valence-corrected chi connectivity index (χ3v) is 2.07. The van der Waals surface area contributed by atoms with Gasteiger partial charge in [0.05, 0.1) is 6.07 Å². The summed E-state index contributed by atoms with van der Waals surface area (Å²) in [4.78, 5) is 2.28. The van der Waals surface area contributed by atoms with Gasteiger partial charge in [-0.1, -0.05) is 20.3 Å². The first-order valence-electron chi connectivity index (χ1n) is 5.20. The largest absolute Gasteiger partial charge is 0.315 e. The number of rotatable bonds is 2. The number of nitriles is 1. The summed E-state index contributed by atoms with van der Waals surface area (Å²) < 4.78 is 0. The Morgan fingerprint density at radius 1 is 1.38 bits per heavy atom. The maximum absolute atomic E-state index is 8.46. The van der Waals surface area contributed by atoms with Crippen molar-refractivity contribution in [1.29, 1.82) is 5.26 Å². The molecular formula is C10H23N3. The zero-order valence-electron chi connectivity index (χ0n) is 8.79. The van der Waals surface area contributed by atoms with Gasteiger partial charge in [-0.25, -0.2) is 0 Å². The molecule has 0 spiro atoms. The molecule has 78 valence electrons. The standard InChI is InChI=1S/C8H15N3.C2H6.H2/c9-6-8(10)7-11-4-2-1-3-5-11;1-2;/h8H,1-5,7,10H2;1-2H3;1H. The number of nitrogens with two attached hydrogens (primary N) is 1. The van der Waals surface area contributed by atoms with Crippen molar-refractivity contribution in [2.45, 2.75) is 39.2 Å². The molecule has 1 rings (SSSR count). The maximum atomic E-state index is 8.46. The van der Waals surface area contributed by atoms with Gasteiger partial charge in [0.1, 0.15) is 6.04 Å². The van der Waals surface area contributed by atoms with Gasteiger partial charge in [-0.3, -0.25) is 0 Å². The van der Waals surface area contributed by atoms with Gasteiger partial charge in [-0.05, 0) is 25.9 Å². The predicted molar refractivity (Wildman–Crippen MR) is 57.3 cm³/mol. The van der Waals surface area contributed by atoms with E-state index < -0.39 is 0 Å². The summed E-state index contributed by atoms with van der Waals surface area (Å²) in [5, 5.41) is 8.46. The van der Waals surface area contributed by atoms with Gasteiger partial charge in [0.15, 0.2) is 0 Å². The molecule has 0 aromatic carbocycles. The fraction of sp³-hybridized carbons (Fsp3) is 0.900. The van der Waals surface area contributed by atoms with Crippen molar-refractivity contribution in [3.63, 3.8) is 0 Å². The normalized spacial score (nSPS) is 19.5. The Kier molecular flexibility index (Phi) is 7.66. The van der Waals surface area contributed by atoms with Crippen LogP contribution in [0.15, 0.2) is 0 Å². The highest BCUT2D eigenvalue weighted by Gasteiger charge is 2.12. The van der Waals surface area contributed by atoms with Gasteiger partial charge in [-0.2, -0.15) is 5.26 Å². The van der Waals surface area contributed by atoms with Crippen LogP contribution in [0.2, 0.25) is 0 Å². The van der Waals surface area contributed by atoms with E-state index in [4.69, 9.17) is 11.0 Å². The van der Waals surface area contributed by atoms with Crippen molar-refractivity contribution in [1.82, 2.24) is 4.90 Å². The van der Waals surface area contributed by atoms with E-state index in [1.807, 2.05) is 19.9 Å². The van der Waals surface area contributed by atoms with Gasteiger partial charge < -0.3 is 10.6 Å². The number of piperidine rings is 1. The smallest absolute Gasteiger partial charge is 0.106 e. The van der Waals surface area contributed by atoms with Crippen molar-refractivity contribution < 1.29 is 1.43 Å². The van der Waals surface area contributed by atoms with Crippen molar-refractivity contribution in [3.8, 4) is 6.07 Å². The third kappa shape index (κ3) is 5.62. The molecule has 1 aliphatic heterocycles. The maximum Gasteiger partial charge on any atom is 0.106 e. The van der Waals surface area contributed by atoms with Gasteiger partial charge in [0.25, 0.3) is 0 Å². The highest BCUT2D eigenvalue weighted by Crippen LogP contribution is 2.07.